The largest absolute Gasteiger partial charge is 0.315 e. The molecule has 80 valence electrons. The summed E-state index contributed by atoms with van der Waals surface area (Å²) in [6, 6.07) is 0. The van der Waals surface area contributed by atoms with Crippen LogP contribution in [0.5, 0.6) is 0 Å². The Kier molecular flexibility index (Phi) is 6.35. The number of hydrogen-bond donors (Lipinski definition) is 2. The van der Waals surface area contributed by atoms with Gasteiger partial charge in [-0.15, -0.1) is 0 Å². The van der Waals surface area contributed by atoms with E-state index in [0.29, 0.717) is 0 Å². The van der Waals surface area contributed by atoms with E-state index < -0.39 is 0 Å². The van der Waals surface area contributed by atoms with Crippen molar-refractivity contribution in [3.8, 4) is 0 Å². The maximum absolute atomic E-state index is 3.45. The van der Waals surface area contributed by atoms with E-state index in [4.69, 9.17) is 0 Å². The summed E-state index contributed by atoms with van der Waals surface area (Å²) in [5, 5.41) is 6.87. The van der Waals surface area contributed by atoms with E-state index in [1.807, 2.05) is 0 Å². The molecule has 0 unspecified atom stereocenters. The Morgan fingerprint density at radius 2 is 1.62 bits per heavy atom. The van der Waals surface area contributed by atoms with Crippen LogP contribution in [0, 0.1) is 5.92 Å². The molecule has 0 heterocycles. The molecule has 0 aliphatic carbocycles. The zero-order chi connectivity index (χ0) is 10.3. The van der Waals surface area contributed by atoms with Gasteiger partial charge in [0.1, 0.15) is 0 Å². The van der Waals surface area contributed by atoms with Gasteiger partial charge in [-0.3, -0.25) is 0 Å². The monoisotopic (exact) mass is 186 g/mol. The predicted molar refractivity (Wildman–Crippen MR) is 60.1 cm³/mol. The van der Waals surface area contributed by atoms with Gasteiger partial charge in [0.05, 0.1) is 0 Å². The van der Waals surface area contributed by atoms with Crippen LogP contribution < -0.4 is 10.6 Å². The van der Waals surface area contributed by atoms with Gasteiger partial charge >= 0.3 is 0 Å². The Morgan fingerprint density at radius 1 is 1.00 bits per heavy atom. The molecule has 0 saturated carbocycles. The van der Waals surface area contributed by atoms with Gasteiger partial charge in [-0.05, 0) is 39.7 Å². The highest BCUT2D eigenvalue weighted by molar-refractivity contribution is 4.70. The maximum Gasteiger partial charge on any atom is 0.00970 e. The second kappa shape index (κ2) is 6.39. The Bertz CT molecular complexity index is 114. The zero-order valence-electron chi connectivity index (χ0n) is 9.91. The average molecular weight is 186 g/mol. The Labute approximate surface area is 83.5 Å². The highest BCUT2D eigenvalue weighted by Crippen LogP contribution is 1.97. The van der Waals surface area contributed by atoms with Gasteiger partial charge in [0.2, 0.25) is 0 Å². The molecule has 0 rings (SSSR count). The first-order valence-corrected chi connectivity index (χ1v) is 5.37. The maximum atomic E-state index is 3.45. The van der Waals surface area contributed by atoms with E-state index in [-0.39, 0.29) is 5.54 Å². The van der Waals surface area contributed by atoms with Crippen LogP contribution in [0.25, 0.3) is 0 Å². The lowest BCUT2D eigenvalue weighted by Crippen LogP contribution is -2.40. The van der Waals surface area contributed by atoms with Gasteiger partial charge in [-0.2, -0.15) is 0 Å². The van der Waals surface area contributed by atoms with Crippen LogP contribution >= 0.6 is 0 Å². The molecule has 2 N–H and O–H groups in total. The van der Waals surface area contributed by atoms with Crippen molar-refractivity contribution in [2.75, 3.05) is 19.6 Å². The lowest BCUT2D eigenvalue weighted by Gasteiger charge is -2.20. The minimum atomic E-state index is 0.250. The first kappa shape index (κ1) is 12.9. The van der Waals surface area contributed by atoms with Crippen LogP contribution in [0.2, 0.25) is 0 Å². The van der Waals surface area contributed by atoms with Crippen molar-refractivity contribution in [3.05, 3.63) is 0 Å². The van der Waals surface area contributed by atoms with Gasteiger partial charge in [-0.25, -0.2) is 0 Å². The van der Waals surface area contributed by atoms with Crippen molar-refractivity contribution in [1.29, 1.82) is 0 Å². The van der Waals surface area contributed by atoms with Crippen LogP contribution in [0.4, 0.5) is 0 Å². The summed E-state index contributed by atoms with van der Waals surface area (Å²) in [6.45, 7) is 14.4. The molecule has 0 aromatic carbocycles. The minimum absolute atomic E-state index is 0.250. The van der Waals surface area contributed by atoms with E-state index in [2.05, 4.69) is 45.3 Å². The second-order valence-corrected chi connectivity index (χ2v) is 5.11. The van der Waals surface area contributed by atoms with Crippen LogP contribution in [0.15, 0.2) is 0 Å². The molecule has 2 nitrogen and oxygen atoms in total. The van der Waals surface area contributed by atoms with Gasteiger partial charge in [0, 0.05) is 18.6 Å². The van der Waals surface area contributed by atoms with Crippen LogP contribution in [0.3, 0.4) is 0 Å². The molecule has 0 aromatic rings. The molecular weight excluding hydrogens is 160 g/mol. The smallest absolute Gasteiger partial charge is 0.00970 e. The van der Waals surface area contributed by atoms with Crippen molar-refractivity contribution in [3.63, 3.8) is 0 Å². The Morgan fingerprint density at radius 3 is 2.08 bits per heavy atom. The van der Waals surface area contributed by atoms with Crippen molar-refractivity contribution in [2.45, 2.75) is 46.6 Å². The molecule has 13 heavy (non-hydrogen) atoms. The van der Waals surface area contributed by atoms with E-state index in [9.17, 15) is 0 Å². The molecule has 2 heteroatoms. The fourth-order valence-electron chi connectivity index (χ4n) is 1.04. The summed E-state index contributed by atoms with van der Waals surface area (Å²) >= 11 is 0. The van der Waals surface area contributed by atoms with Gasteiger partial charge in [0.15, 0.2) is 0 Å². The van der Waals surface area contributed by atoms with Crippen LogP contribution in [-0.2, 0) is 0 Å². The van der Waals surface area contributed by atoms with E-state index >= 15 is 0 Å². The van der Waals surface area contributed by atoms with Crippen molar-refractivity contribution in [2.24, 2.45) is 5.92 Å². The van der Waals surface area contributed by atoms with E-state index in [1.165, 1.54) is 6.42 Å². The summed E-state index contributed by atoms with van der Waals surface area (Å²) in [5.41, 5.74) is 0.250. The average Bonchev–Trinajstić information content (AvgIpc) is 1.93. The SMILES string of the molecule is CC(C)CCNCCNC(C)(C)C. The molecule has 0 radical (unpaired) electrons. The van der Waals surface area contributed by atoms with Gasteiger partial charge < -0.3 is 10.6 Å². The standard InChI is InChI=1S/C11H26N2/c1-10(2)6-7-12-8-9-13-11(3,4)5/h10,12-13H,6-9H2,1-5H3. The third kappa shape index (κ3) is 11.9. The molecule has 0 aromatic heterocycles. The van der Waals surface area contributed by atoms with Gasteiger partial charge in [-0.1, -0.05) is 13.8 Å². The Hall–Kier alpha value is -0.0800. The van der Waals surface area contributed by atoms with Crippen LogP contribution in [0.1, 0.15) is 41.0 Å². The molecule has 0 aliphatic heterocycles. The molecule has 0 aliphatic rings. The third-order valence-electron chi connectivity index (χ3n) is 1.86. The highest BCUT2D eigenvalue weighted by atomic mass is 15.0. The van der Waals surface area contributed by atoms with E-state index in [1.54, 1.807) is 0 Å². The normalized spacial score (nSPS) is 12.5. The number of nitrogens with one attached hydrogen (secondary N) is 2. The lowest BCUT2D eigenvalue weighted by molar-refractivity contribution is 0.418. The summed E-state index contributed by atoms with van der Waals surface area (Å²) in [6.07, 6.45) is 1.27. The van der Waals surface area contributed by atoms with Crippen molar-refractivity contribution in [1.82, 2.24) is 10.6 Å². The summed E-state index contributed by atoms with van der Waals surface area (Å²) in [4.78, 5) is 0. The minimum Gasteiger partial charge on any atom is -0.315 e. The fraction of sp³-hybridized carbons (Fsp3) is 1.00. The van der Waals surface area contributed by atoms with E-state index in [0.717, 1.165) is 25.6 Å². The predicted octanol–water partition coefficient (Wildman–Crippen LogP) is 2.01. The quantitative estimate of drug-likeness (QED) is 0.620. The molecule has 0 atom stereocenters. The van der Waals surface area contributed by atoms with Crippen LogP contribution in [-0.4, -0.2) is 25.2 Å². The molecule has 0 fully saturated rings. The lowest BCUT2D eigenvalue weighted by atomic mass is 10.1. The fourth-order valence-corrected chi connectivity index (χ4v) is 1.04. The second-order valence-electron chi connectivity index (χ2n) is 5.11. The highest BCUT2D eigenvalue weighted by Gasteiger charge is 2.06. The van der Waals surface area contributed by atoms with Gasteiger partial charge in [0.25, 0.3) is 0 Å². The number of rotatable bonds is 6. The topological polar surface area (TPSA) is 24.1 Å². The van der Waals surface area contributed by atoms with Crippen molar-refractivity contribution >= 4 is 0 Å². The Balaban J connectivity index is 3.09. The molecule has 0 spiro atoms. The molecule has 0 bridgehead atoms. The zero-order valence-corrected chi connectivity index (χ0v) is 9.91. The van der Waals surface area contributed by atoms with Crippen molar-refractivity contribution < 1.29 is 0 Å². The molecular formula is C11H26N2. The first-order chi connectivity index (χ1) is 5.92. The number of hydrogen-bond acceptors (Lipinski definition) is 2. The molecule has 0 saturated heterocycles. The summed E-state index contributed by atoms with van der Waals surface area (Å²) in [7, 11) is 0. The summed E-state index contributed by atoms with van der Waals surface area (Å²) < 4.78 is 0. The summed E-state index contributed by atoms with van der Waals surface area (Å²) in [5.74, 6) is 0.808. The third-order valence-corrected chi connectivity index (χ3v) is 1.86. The molecule has 0 amide bonds. The first-order valence-electron chi connectivity index (χ1n) is 5.37.